The summed E-state index contributed by atoms with van der Waals surface area (Å²) in [6, 6.07) is 10.3. The monoisotopic (exact) mass is 334 g/mol. The minimum absolute atomic E-state index is 0.0788. The van der Waals surface area contributed by atoms with Crippen LogP contribution in [0.5, 0.6) is 0 Å². The molecule has 0 spiro atoms. The van der Waals surface area contributed by atoms with Crippen LogP contribution in [0.3, 0.4) is 0 Å². The van der Waals surface area contributed by atoms with Crippen LogP contribution in [0.25, 0.3) is 0 Å². The fraction of sp³-hybridized carbons (Fsp3) is 0.632. The van der Waals surface area contributed by atoms with Crippen LogP contribution in [-0.4, -0.2) is 65.3 Å². The number of carbonyl (C=O) groups is 1. The van der Waals surface area contributed by atoms with Crippen molar-refractivity contribution in [2.45, 2.75) is 52.0 Å². The minimum atomic E-state index is 0.0788. The Morgan fingerprint density at radius 1 is 1.29 bits per heavy atom. The van der Waals surface area contributed by atoms with Crippen LogP contribution in [-0.2, 0) is 16.1 Å². The SMILES string of the molecule is CC1CN(C(=O)CN(Cc2ccccc2)C(C)CCO)CC(C)O1. The van der Waals surface area contributed by atoms with Crippen LogP contribution in [0.15, 0.2) is 30.3 Å². The van der Waals surface area contributed by atoms with Crippen molar-refractivity contribution < 1.29 is 14.6 Å². The van der Waals surface area contributed by atoms with E-state index in [2.05, 4.69) is 24.0 Å². The summed E-state index contributed by atoms with van der Waals surface area (Å²) >= 11 is 0. The van der Waals surface area contributed by atoms with Crippen LogP contribution in [0.1, 0.15) is 32.8 Å². The van der Waals surface area contributed by atoms with E-state index in [0.29, 0.717) is 32.6 Å². The summed E-state index contributed by atoms with van der Waals surface area (Å²) in [6.45, 7) is 8.59. The van der Waals surface area contributed by atoms with Gasteiger partial charge in [-0.05, 0) is 32.8 Å². The average molecular weight is 334 g/mol. The number of ether oxygens (including phenoxy) is 1. The third kappa shape index (κ3) is 5.58. The minimum Gasteiger partial charge on any atom is -0.396 e. The fourth-order valence-electron chi connectivity index (χ4n) is 3.21. The molecule has 1 aromatic rings. The van der Waals surface area contributed by atoms with E-state index in [1.165, 1.54) is 5.56 Å². The molecular formula is C19H30N2O3. The summed E-state index contributed by atoms with van der Waals surface area (Å²) in [5, 5.41) is 9.27. The molecule has 0 radical (unpaired) electrons. The van der Waals surface area contributed by atoms with E-state index in [-0.39, 0.29) is 30.8 Å². The number of benzene rings is 1. The van der Waals surface area contributed by atoms with Gasteiger partial charge in [0, 0.05) is 32.3 Å². The van der Waals surface area contributed by atoms with Crippen molar-refractivity contribution in [2.24, 2.45) is 0 Å². The summed E-state index contributed by atoms with van der Waals surface area (Å²) in [5.74, 6) is 0.137. The topological polar surface area (TPSA) is 53.0 Å². The van der Waals surface area contributed by atoms with Gasteiger partial charge >= 0.3 is 0 Å². The number of aliphatic hydroxyl groups is 1. The second kappa shape index (κ2) is 9.16. The maximum absolute atomic E-state index is 12.8. The van der Waals surface area contributed by atoms with E-state index >= 15 is 0 Å². The first kappa shape index (κ1) is 18.9. The van der Waals surface area contributed by atoms with E-state index in [0.717, 1.165) is 0 Å². The number of morpholine rings is 1. The Morgan fingerprint density at radius 2 is 1.92 bits per heavy atom. The van der Waals surface area contributed by atoms with Crippen LogP contribution >= 0.6 is 0 Å². The molecule has 0 bridgehead atoms. The first-order chi connectivity index (χ1) is 11.5. The van der Waals surface area contributed by atoms with Gasteiger partial charge in [-0.2, -0.15) is 0 Å². The summed E-state index contributed by atoms with van der Waals surface area (Å²) < 4.78 is 5.71. The van der Waals surface area contributed by atoms with Crippen molar-refractivity contribution >= 4 is 5.91 Å². The van der Waals surface area contributed by atoms with Crippen molar-refractivity contribution in [1.29, 1.82) is 0 Å². The van der Waals surface area contributed by atoms with Crippen LogP contribution in [0.2, 0.25) is 0 Å². The lowest BCUT2D eigenvalue weighted by Crippen LogP contribution is -2.51. The molecule has 1 fully saturated rings. The highest BCUT2D eigenvalue weighted by atomic mass is 16.5. The number of nitrogens with zero attached hydrogens (tertiary/aromatic N) is 2. The second-order valence-electron chi connectivity index (χ2n) is 6.81. The number of hydrogen-bond acceptors (Lipinski definition) is 4. The highest BCUT2D eigenvalue weighted by molar-refractivity contribution is 5.78. The third-order valence-electron chi connectivity index (χ3n) is 4.51. The Hall–Kier alpha value is -1.43. The largest absolute Gasteiger partial charge is 0.396 e. The van der Waals surface area contributed by atoms with E-state index in [1.807, 2.05) is 36.9 Å². The van der Waals surface area contributed by atoms with Crippen LogP contribution in [0, 0.1) is 0 Å². The molecule has 1 aliphatic rings. The number of hydrogen-bond donors (Lipinski definition) is 1. The van der Waals surface area contributed by atoms with Crippen molar-refractivity contribution in [1.82, 2.24) is 9.80 Å². The highest BCUT2D eigenvalue weighted by Gasteiger charge is 2.27. The molecule has 1 aliphatic heterocycles. The lowest BCUT2D eigenvalue weighted by atomic mass is 10.1. The quantitative estimate of drug-likeness (QED) is 0.827. The average Bonchev–Trinajstić information content (AvgIpc) is 2.54. The number of carbonyl (C=O) groups excluding carboxylic acids is 1. The van der Waals surface area contributed by atoms with E-state index in [9.17, 15) is 9.90 Å². The van der Waals surface area contributed by atoms with Gasteiger partial charge in [0.25, 0.3) is 0 Å². The zero-order valence-corrected chi connectivity index (χ0v) is 15.0. The van der Waals surface area contributed by atoms with Crippen LogP contribution in [0.4, 0.5) is 0 Å². The van der Waals surface area contributed by atoms with Gasteiger partial charge in [-0.1, -0.05) is 30.3 Å². The molecule has 134 valence electrons. The Kier molecular flexibility index (Phi) is 7.21. The smallest absolute Gasteiger partial charge is 0.236 e. The zero-order valence-electron chi connectivity index (χ0n) is 15.0. The number of rotatable bonds is 7. The predicted octanol–water partition coefficient (Wildman–Crippen LogP) is 1.90. The zero-order chi connectivity index (χ0) is 17.5. The molecule has 1 aromatic carbocycles. The van der Waals surface area contributed by atoms with Crippen molar-refractivity contribution in [3.8, 4) is 0 Å². The van der Waals surface area contributed by atoms with E-state index in [4.69, 9.17) is 4.74 Å². The Balaban J connectivity index is 2.02. The molecule has 1 N–H and O–H groups in total. The molecule has 5 nitrogen and oxygen atoms in total. The standard InChI is InChI=1S/C19H30N2O3/c1-15(9-10-22)20(13-18-7-5-4-6-8-18)14-19(23)21-11-16(2)24-17(3)12-21/h4-8,15-17,22H,9-14H2,1-3H3. The van der Waals surface area contributed by atoms with E-state index in [1.54, 1.807) is 0 Å². The molecular weight excluding hydrogens is 304 g/mol. The molecule has 5 heteroatoms. The molecule has 0 saturated carbocycles. The summed E-state index contributed by atoms with van der Waals surface area (Å²) in [5.41, 5.74) is 1.18. The molecule has 24 heavy (non-hydrogen) atoms. The molecule has 1 amide bonds. The molecule has 2 rings (SSSR count). The van der Waals surface area contributed by atoms with Gasteiger partial charge in [0.1, 0.15) is 0 Å². The lowest BCUT2D eigenvalue weighted by molar-refractivity contribution is -0.145. The molecule has 3 unspecified atom stereocenters. The van der Waals surface area contributed by atoms with Gasteiger partial charge in [-0.25, -0.2) is 0 Å². The van der Waals surface area contributed by atoms with Crippen molar-refractivity contribution in [3.63, 3.8) is 0 Å². The van der Waals surface area contributed by atoms with Crippen molar-refractivity contribution in [3.05, 3.63) is 35.9 Å². The maximum Gasteiger partial charge on any atom is 0.236 e. The molecule has 0 aliphatic carbocycles. The summed E-state index contributed by atoms with van der Waals surface area (Å²) in [7, 11) is 0. The Bertz CT molecular complexity index is 499. The third-order valence-corrected chi connectivity index (χ3v) is 4.51. The van der Waals surface area contributed by atoms with E-state index < -0.39 is 0 Å². The van der Waals surface area contributed by atoms with Gasteiger partial charge in [0.2, 0.25) is 5.91 Å². The number of aliphatic hydroxyl groups excluding tert-OH is 1. The molecule has 3 atom stereocenters. The summed E-state index contributed by atoms with van der Waals surface area (Å²) in [4.78, 5) is 16.8. The highest BCUT2D eigenvalue weighted by Crippen LogP contribution is 2.14. The lowest BCUT2D eigenvalue weighted by Gasteiger charge is -2.37. The van der Waals surface area contributed by atoms with Gasteiger partial charge in [0.05, 0.1) is 18.8 Å². The summed E-state index contributed by atoms with van der Waals surface area (Å²) in [6.07, 6.45) is 0.820. The normalized spacial score (nSPS) is 22.6. The first-order valence-electron chi connectivity index (χ1n) is 8.81. The van der Waals surface area contributed by atoms with Gasteiger partial charge < -0.3 is 14.7 Å². The fourth-order valence-corrected chi connectivity index (χ4v) is 3.21. The molecule has 1 heterocycles. The molecule has 0 aromatic heterocycles. The second-order valence-corrected chi connectivity index (χ2v) is 6.81. The number of amides is 1. The Labute approximate surface area is 145 Å². The van der Waals surface area contributed by atoms with Gasteiger partial charge in [-0.3, -0.25) is 9.69 Å². The molecule has 1 saturated heterocycles. The van der Waals surface area contributed by atoms with Gasteiger partial charge in [0.15, 0.2) is 0 Å². The Morgan fingerprint density at radius 3 is 2.50 bits per heavy atom. The van der Waals surface area contributed by atoms with Crippen LogP contribution < -0.4 is 0 Å². The van der Waals surface area contributed by atoms with Gasteiger partial charge in [-0.15, -0.1) is 0 Å². The van der Waals surface area contributed by atoms with Crippen molar-refractivity contribution in [2.75, 3.05) is 26.2 Å². The first-order valence-corrected chi connectivity index (χ1v) is 8.81. The maximum atomic E-state index is 12.8. The predicted molar refractivity (Wildman–Crippen MR) is 94.6 cm³/mol.